The van der Waals surface area contributed by atoms with E-state index in [-0.39, 0.29) is 18.4 Å². The lowest BCUT2D eigenvalue weighted by Crippen LogP contribution is -2.24. The number of carbonyl (C=O) groups excluding carboxylic acids is 1. The van der Waals surface area contributed by atoms with Gasteiger partial charge in [-0.1, -0.05) is 25.6 Å². The van der Waals surface area contributed by atoms with Crippen molar-refractivity contribution >= 4 is 68.3 Å². The number of anilines is 1. The van der Waals surface area contributed by atoms with Crippen LogP contribution in [0.1, 0.15) is 29.1 Å². The second-order valence-corrected chi connectivity index (χ2v) is 8.42. The molecular formula is C23H27N5O3S3. The molecule has 3 N–H and O–H groups in total. The van der Waals surface area contributed by atoms with E-state index in [4.69, 9.17) is 4.74 Å². The molecule has 180 valence electrons. The van der Waals surface area contributed by atoms with Gasteiger partial charge in [-0.05, 0) is 30.7 Å². The van der Waals surface area contributed by atoms with Gasteiger partial charge >= 0.3 is 0 Å². The summed E-state index contributed by atoms with van der Waals surface area (Å²) in [6, 6.07) is 7.59. The SMILES string of the molecule is CC.CS.CSc1ncc(CO)c(Oc2ccc3c(ccc4sc5c(c43)NCCNC5=O)n2)n1. The zero-order chi connectivity index (χ0) is 24.7. The van der Waals surface area contributed by atoms with Crippen LogP contribution in [0.4, 0.5) is 5.69 Å². The van der Waals surface area contributed by atoms with Gasteiger partial charge in [0, 0.05) is 40.8 Å². The topological polar surface area (TPSA) is 109 Å². The molecule has 0 atom stereocenters. The number of hydrogen-bond donors (Lipinski definition) is 4. The quantitative estimate of drug-likeness (QED) is 0.171. The maximum absolute atomic E-state index is 12.4. The molecule has 0 spiro atoms. The van der Waals surface area contributed by atoms with Crippen molar-refractivity contribution in [2.75, 3.05) is 30.9 Å². The number of fused-ring (bicyclic) bond motifs is 5. The zero-order valence-corrected chi connectivity index (χ0v) is 21.9. The van der Waals surface area contributed by atoms with E-state index in [1.54, 1.807) is 18.5 Å². The number of carbonyl (C=O) groups is 1. The van der Waals surface area contributed by atoms with Gasteiger partial charge in [0.05, 0.1) is 23.4 Å². The number of thiol groups is 1. The highest BCUT2D eigenvalue weighted by Gasteiger charge is 2.22. The van der Waals surface area contributed by atoms with Gasteiger partial charge in [-0.2, -0.15) is 17.6 Å². The Morgan fingerprint density at radius 2 is 1.91 bits per heavy atom. The molecule has 5 rings (SSSR count). The van der Waals surface area contributed by atoms with Crippen molar-refractivity contribution in [1.82, 2.24) is 20.3 Å². The lowest BCUT2D eigenvalue weighted by Gasteiger charge is -2.10. The number of ether oxygens (including phenoxy) is 1. The maximum Gasteiger partial charge on any atom is 0.263 e. The minimum Gasteiger partial charge on any atom is -0.420 e. The fourth-order valence-corrected chi connectivity index (χ4v) is 4.83. The molecule has 1 aliphatic heterocycles. The van der Waals surface area contributed by atoms with Gasteiger partial charge in [0.25, 0.3) is 5.91 Å². The van der Waals surface area contributed by atoms with E-state index >= 15 is 0 Å². The number of benzene rings is 1. The van der Waals surface area contributed by atoms with E-state index in [1.807, 2.05) is 38.3 Å². The summed E-state index contributed by atoms with van der Waals surface area (Å²) >= 11 is 6.39. The van der Waals surface area contributed by atoms with Crippen LogP contribution in [0.5, 0.6) is 11.8 Å². The predicted octanol–water partition coefficient (Wildman–Crippen LogP) is 4.97. The number of aliphatic hydroxyl groups excluding tert-OH is 1. The third-order valence-electron chi connectivity index (χ3n) is 4.77. The normalized spacial score (nSPS) is 12.4. The van der Waals surface area contributed by atoms with Gasteiger partial charge in [-0.3, -0.25) is 4.79 Å². The number of thiophene rings is 1. The van der Waals surface area contributed by atoms with E-state index < -0.39 is 0 Å². The van der Waals surface area contributed by atoms with Crippen LogP contribution in [0.15, 0.2) is 35.6 Å². The molecule has 0 saturated carbocycles. The fraction of sp³-hybridized carbons (Fsp3) is 0.304. The lowest BCUT2D eigenvalue weighted by molar-refractivity contribution is 0.0962. The first-order valence-corrected chi connectivity index (χ1v) is 13.6. The first-order chi connectivity index (χ1) is 16.7. The Morgan fingerprint density at radius 3 is 2.65 bits per heavy atom. The number of hydrogen-bond acceptors (Lipinski definition) is 10. The van der Waals surface area contributed by atoms with Crippen LogP contribution in [0, 0.1) is 0 Å². The van der Waals surface area contributed by atoms with Gasteiger partial charge in [-0.25, -0.2) is 9.97 Å². The van der Waals surface area contributed by atoms with Crippen molar-refractivity contribution in [2.45, 2.75) is 25.6 Å². The molecule has 0 fully saturated rings. The Bertz CT molecular complexity index is 1300. The molecule has 0 unspecified atom stereocenters. The third kappa shape index (κ3) is 5.22. The molecule has 4 heterocycles. The molecule has 1 aliphatic rings. The smallest absolute Gasteiger partial charge is 0.263 e. The molecular weight excluding hydrogens is 490 g/mol. The highest BCUT2D eigenvalue weighted by molar-refractivity contribution is 7.98. The molecule has 0 radical (unpaired) electrons. The van der Waals surface area contributed by atoms with Crippen molar-refractivity contribution in [3.05, 3.63) is 40.9 Å². The highest BCUT2D eigenvalue weighted by atomic mass is 32.2. The molecule has 11 heteroatoms. The standard InChI is InChI=1S/C20H17N5O3S2.C2H6.CH4S/c1-29-20-23-8-10(9-26)19(25-20)28-14-5-2-11-12(24-14)3-4-13-15(11)16-17(30-13)18(27)22-7-6-21-16;2*1-2/h2-5,8,21,26H,6-7,9H2,1H3,(H,22,27);1-2H3;2H,1H3. The van der Waals surface area contributed by atoms with Crippen LogP contribution in [0.2, 0.25) is 0 Å². The predicted molar refractivity (Wildman–Crippen MR) is 144 cm³/mol. The van der Waals surface area contributed by atoms with Crippen molar-refractivity contribution in [1.29, 1.82) is 0 Å². The highest BCUT2D eigenvalue weighted by Crippen LogP contribution is 2.41. The summed E-state index contributed by atoms with van der Waals surface area (Å²) in [6.45, 7) is 5.03. The second-order valence-electron chi connectivity index (χ2n) is 6.59. The van der Waals surface area contributed by atoms with Crippen LogP contribution in [-0.2, 0) is 6.61 Å². The number of aromatic nitrogens is 3. The average Bonchev–Trinajstić information content (AvgIpc) is 3.18. The zero-order valence-electron chi connectivity index (χ0n) is 19.4. The summed E-state index contributed by atoms with van der Waals surface area (Å²) in [6.07, 6.45) is 5.12. The van der Waals surface area contributed by atoms with Crippen molar-refractivity contribution < 1.29 is 14.6 Å². The fourth-order valence-electron chi connectivity index (χ4n) is 3.38. The molecule has 8 nitrogen and oxygen atoms in total. The average molecular weight is 518 g/mol. The van der Waals surface area contributed by atoms with E-state index in [1.165, 1.54) is 23.1 Å². The van der Waals surface area contributed by atoms with Crippen molar-refractivity contribution in [3.8, 4) is 11.8 Å². The summed E-state index contributed by atoms with van der Waals surface area (Å²) in [4.78, 5) is 26.2. The Kier molecular flexibility index (Phi) is 9.34. The van der Waals surface area contributed by atoms with Crippen LogP contribution < -0.4 is 15.4 Å². The van der Waals surface area contributed by atoms with Gasteiger partial charge < -0.3 is 20.5 Å². The minimum atomic E-state index is -0.229. The Morgan fingerprint density at radius 1 is 1.15 bits per heavy atom. The molecule has 34 heavy (non-hydrogen) atoms. The van der Waals surface area contributed by atoms with Crippen LogP contribution >= 0.6 is 35.7 Å². The summed E-state index contributed by atoms with van der Waals surface area (Å²) in [7, 11) is 0. The van der Waals surface area contributed by atoms with Gasteiger partial charge in [0.1, 0.15) is 4.88 Å². The minimum absolute atomic E-state index is 0.0536. The lowest BCUT2D eigenvalue weighted by atomic mass is 10.1. The number of pyridine rings is 1. The number of nitrogens with one attached hydrogen (secondary N) is 2. The number of amides is 1. The number of thioether (sulfide) groups is 1. The summed E-state index contributed by atoms with van der Waals surface area (Å²) in [5.74, 6) is 0.601. The third-order valence-corrected chi connectivity index (χ3v) is 6.49. The Balaban J connectivity index is 0.000000771. The van der Waals surface area contributed by atoms with Gasteiger partial charge in [0.15, 0.2) is 5.16 Å². The number of aliphatic hydroxyl groups is 1. The number of nitrogens with zero attached hydrogens (tertiary/aromatic N) is 3. The van der Waals surface area contributed by atoms with Crippen LogP contribution in [-0.4, -0.2) is 51.6 Å². The molecule has 4 aromatic rings. The Hall–Kier alpha value is -2.60. The first kappa shape index (κ1) is 26.0. The molecule has 1 amide bonds. The summed E-state index contributed by atoms with van der Waals surface area (Å²) < 4.78 is 6.91. The molecule has 3 aromatic heterocycles. The van der Waals surface area contributed by atoms with Crippen LogP contribution in [0.3, 0.4) is 0 Å². The maximum atomic E-state index is 12.4. The largest absolute Gasteiger partial charge is 0.420 e. The Labute approximate surface area is 212 Å². The first-order valence-electron chi connectivity index (χ1n) is 10.7. The van der Waals surface area contributed by atoms with Crippen molar-refractivity contribution in [2.24, 2.45) is 0 Å². The molecule has 1 aromatic carbocycles. The van der Waals surface area contributed by atoms with Gasteiger partial charge in [0.2, 0.25) is 11.8 Å². The number of rotatable bonds is 4. The summed E-state index contributed by atoms with van der Waals surface area (Å²) in [5.41, 5.74) is 2.09. The summed E-state index contributed by atoms with van der Waals surface area (Å²) in [5, 5.41) is 18.3. The second kappa shape index (κ2) is 12.2. The monoisotopic (exact) mass is 517 g/mol. The van der Waals surface area contributed by atoms with E-state index in [0.29, 0.717) is 34.6 Å². The van der Waals surface area contributed by atoms with E-state index in [9.17, 15) is 9.90 Å². The molecule has 0 saturated heterocycles. The molecule has 0 bridgehead atoms. The molecule has 0 aliphatic carbocycles. The van der Waals surface area contributed by atoms with Crippen LogP contribution in [0.25, 0.3) is 21.0 Å². The van der Waals surface area contributed by atoms with E-state index in [0.717, 1.165) is 26.7 Å². The van der Waals surface area contributed by atoms with Gasteiger partial charge in [-0.15, -0.1) is 11.3 Å². The van der Waals surface area contributed by atoms with Crippen molar-refractivity contribution in [3.63, 3.8) is 0 Å². The van der Waals surface area contributed by atoms with E-state index in [2.05, 4.69) is 38.2 Å².